The van der Waals surface area contributed by atoms with Gasteiger partial charge in [-0.1, -0.05) is 6.07 Å². The van der Waals surface area contributed by atoms with E-state index in [0.29, 0.717) is 5.69 Å². The molecule has 136 valence electrons. The summed E-state index contributed by atoms with van der Waals surface area (Å²) in [6.07, 6.45) is 1.18. The summed E-state index contributed by atoms with van der Waals surface area (Å²) in [7, 11) is 0. The number of carbonyl (C=O) groups is 3. The van der Waals surface area contributed by atoms with Crippen LogP contribution in [0, 0.1) is 11.8 Å². The van der Waals surface area contributed by atoms with E-state index in [2.05, 4.69) is 4.98 Å². The van der Waals surface area contributed by atoms with Gasteiger partial charge in [0.25, 0.3) is 0 Å². The fourth-order valence-corrected chi connectivity index (χ4v) is 3.41. The molecule has 0 amide bonds. The van der Waals surface area contributed by atoms with Crippen molar-refractivity contribution in [1.82, 2.24) is 4.98 Å². The van der Waals surface area contributed by atoms with Gasteiger partial charge >= 0.3 is 11.9 Å². The minimum absolute atomic E-state index is 0.109. The lowest BCUT2D eigenvalue weighted by Gasteiger charge is -2.43. The monoisotopic (exact) mass is 349 g/mol. The second-order valence-electron chi connectivity index (χ2n) is 6.24. The maximum atomic E-state index is 12.6. The van der Waals surface area contributed by atoms with Crippen LogP contribution in [0.1, 0.15) is 38.8 Å². The maximum Gasteiger partial charge on any atom is 0.317 e. The van der Waals surface area contributed by atoms with Gasteiger partial charge in [0.1, 0.15) is 5.92 Å². The normalized spacial score (nSPS) is 29.1. The molecule has 1 fully saturated rings. The highest BCUT2D eigenvalue weighted by Crippen LogP contribution is 2.46. The summed E-state index contributed by atoms with van der Waals surface area (Å²) in [6.45, 7) is 4.93. The average molecular weight is 349 g/mol. The molecule has 0 bridgehead atoms. The number of hydrogen-bond acceptors (Lipinski definition) is 7. The molecule has 1 aliphatic carbocycles. The number of nitrogens with zero attached hydrogens (tertiary/aromatic N) is 1. The highest BCUT2D eigenvalue weighted by atomic mass is 16.5. The summed E-state index contributed by atoms with van der Waals surface area (Å²) < 4.78 is 10.1. The van der Waals surface area contributed by atoms with Crippen molar-refractivity contribution in [2.24, 2.45) is 11.8 Å². The molecule has 1 aromatic heterocycles. The van der Waals surface area contributed by atoms with Gasteiger partial charge in [-0.3, -0.25) is 19.4 Å². The van der Waals surface area contributed by atoms with Crippen molar-refractivity contribution in [3.8, 4) is 0 Å². The first-order chi connectivity index (χ1) is 11.8. The molecule has 7 heteroatoms. The van der Waals surface area contributed by atoms with Crippen LogP contribution in [0.4, 0.5) is 0 Å². The van der Waals surface area contributed by atoms with E-state index in [1.165, 1.54) is 13.1 Å². The number of carbonyl (C=O) groups excluding carboxylic acids is 3. The molecule has 1 aromatic rings. The number of rotatable bonds is 5. The van der Waals surface area contributed by atoms with Gasteiger partial charge in [0, 0.05) is 24.2 Å². The molecular weight excluding hydrogens is 326 g/mol. The molecule has 25 heavy (non-hydrogen) atoms. The van der Waals surface area contributed by atoms with Gasteiger partial charge < -0.3 is 14.6 Å². The van der Waals surface area contributed by atoms with Gasteiger partial charge in [0.05, 0.1) is 24.7 Å². The topological polar surface area (TPSA) is 103 Å². The largest absolute Gasteiger partial charge is 0.466 e. The predicted molar refractivity (Wildman–Crippen MR) is 87.5 cm³/mol. The van der Waals surface area contributed by atoms with Crippen LogP contribution < -0.4 is 0 Å². The molecule has 0 unspecified atom stereocenters. The summed E-state index contributed by atoms with van der Waals surface area (Å²) in [6, 6.07) is 5.00. The minimum Gasteiger partial charge on any atom is -0.466 e. The quantitative estimate of drug-likeness (QED) is 0.630. The third-order valence-electron chi connectivity index (χ3n) is 4.38. The van der Waals surface area contributed by atoms with Gasteiger partial charge in [-0.2, -0.15) is 0 Å². The second-order valence-corrected chi connectivity index (χ2v) is 6.24. The summed E-state index contributed by atoms with van der Waals surface area (Å²) >= 11 is 0. The fraction of sp³-hybridized carbons (Fsp3) is 0.556. The Bertz CT molecular complexity index is 642. The highest BCUT2D eigenvalue weighted by molar-refractivity contribution is 6.02. The molecule has 0 saturated heterocycles. The third kappa shape index (κ3) is 3.87. The lowest BCUT2D eigenvalue weighted by Crippen LogP contribution is -2.55. The molecule has 4 atom stereocenters. The average Bonchev–Trinajstić information content (AvgIpc) is 2.54. The van der Waals surface area contributed by atoms with E-state index in [9.17, 15) is 19.5 Å². The standard InChI is InChI=1S/C18H23NO6/c1-4-24-16(21)14-12(20)10-18(3,23)15(17(22)25-5-2)13(14)11-8-6-7-9-19-11/h6-9,13-15,23H,4-5,10H2,1-3H3/t13-,14+,15-,18-/m0/s1. The minimum atomic E-state index is -1.64. The second kappa shape index (κ2) is 7.74. The van der Waals surface area contributed by atoms with E-state index in [4.69, 9.17) is 9.47 Å². The number of hydrogen-bond donors (Lipinski definition) is 1. The number of ether oxygens (including phenoxy) is 2. The van der Waals surface area contributed by atoms with Crippen molar-refractivity contribution in [3.05, 3.63) is 30.1 Å². The molecule has 7 nitrogen and oxygen atoms in total. The zero-order chi connectivity index (χ0) is 18.6. The Morgan fingerprint density at radius 2 is 1.88 bits per heavy atom. The van der Waals surface area contributed by atoms with Crippen molar-refractivity contribution < 1.29 is 29.0 Å². The van der Waals surface area contributed by atoms with Gasteiger partial charge in [-0.25, -0.2) is 0 Å². The van der Waals surface area contributed by atoms with Gasteiger partial charge in [0.2, 0.25) is 0 Å². The molecule has 0 spiro atoms. The molecule has 2 rings (SSSR count). The highest BCUT2D eigenvalue weighted by Gasteiger charge is 2.57. The van der Waals surface area contributed by atoms with Crippen LogP contribution in [0.5, 0.6) is 0 Å². The number of Topliss-reactive ketones (excluding diaryl/α,β-unsaturated/α-hetero) is 1. The lowest BCUT2D eigenvalue weighted by molar-refractivity contribution is -0.172. The van der Waals surface area contributed by atoms with E-state index >= 15 is 0 Å². The van der Waals surface area contributed by atoms with Crippen LogP contribution in [0.3, 0.4) is 0 Å². The summed E-state index contributed by atoms with van der Waals surface area (Å²) in [5, 5.41) is 10.8. The first-order valence-electron chi connectivity index (χ1n) is 8.32. The molecule has 1 aliphatic rings. The van der Waals surface area contributed by atoms with Gasteiger partial charge in [-0.15, -0.1) is 0 Å². The lowest BCUT2D eigenvalue weighted by atomic mass is 9.62. The molecule has 0 aliphatic heterocycles. The summed E-state index contributed by atoms with van der Waals surface area (Å²) in [4.78, 5) is 41.8. The summed E-state index contributed by atoms with van der Waals surface area (Å²) in [5.41, 5.74) is -1.28. The first-order valence-corrected chi connectivity index (χ1v) is 8.32. The SMILES string of the molecule is CCOC(=O)[C@@H]1C(=O)C[C@](C)(O)[C@H](C(=O)OCC)[C@H]1c1ccccn1. The Morgan fingerprint density at radius 3 is 2.44 bits per heavy atom. The number of esters is 2. The van der Waals surface area contributed by atoms with Crippen LogP contribution in [0.25, 0.3) is 0 Å². The Hall–Kier alpha value is -2.28. The molecule has 1 saturated carbocycles. The molecule has 0 aromatic carbocycles. The zero-order valence-corrected chi connectivity index (χ0v) is 14.6. The Labute approximate surface area is 146 Å². The van der Waals surface area contributed by atoms with Crippen LogP contribution in [0.2, 0.25) is 0 Å². The zero-order valence-electron chi connectivity index (χ0n) is 14.6. The first kappa shape index (κ1) is 19.1. The van der Waals surface area contributed by atoms with E-state index in [0.717, 1.165) is 0 Å². The van der Waals surface area contributed by atoms with Crippen LogP contribution in [-0.4, -0.2) is 46.6 Å². The smallest absolute Gasteiger partial charge is 0.317 e. The number of pyridine rings is 1. The number of aliphatic hydroxyl groups is 1. The van der Waals surface area contributed by atoms with Crippen molar-refractivity contribution >= 4 is 17.7 Å². The van der Waals surface area contributed by atoms with Crippen LogP contribution in [-0.2, 0) is 23.9 Å². The van der Waals surface area contributed by atoms with Crippen molar-refractivity contribution in [2.45, 2.75) is 38.7 Å². The maximum absolute atomic E-state index is 12.6. The predicted octanol–water partition coefficient (Wildman–Crippen LogP) is 1.25. The van der Waals surface area contributed by atoms with Crippen LogP contribution >= 0.6 is 0 Å². The Morgan fingerprint density at radius 1 is 1.24 bits per heavy atom. The van der Waals surface area contributed by atoms with Crippen molar-refractivity contribution in [3.63, 3.8) is 0 Å². The van der Waals surface area contributed by atoms with Gasteiger partial charge in [0.15, 0.2) is 5.78 Å². The van der Waals surface area contributed by atoms with E-state index in [-0.39, 0.29) is 19.6 Å². The van der Waals surface area contributed by atoms with Crippen molar-refractivity contribution in [1.29, 1.82) is 0 Å². The molecular formula is C18H23NO6. The van der Waals surface area contributed by atoms with Gasteiger partial charge in [-0.05, 0) is 32.9 Å². The van der Waals surface area contributed by atoms with E-state index in [1.54, 1.807) is 32.0 Å². The van der Waals surface area contributed by atoms with Crippen LogP contribution in [0.15, 0.2) is 24.4 Å². The number of ketones is 1. The number of aromatic nitrogens is 1. The Kier molecular flexibility index (Phi) is 5.89. The molecule has 1 heterocycles. The third-order valence-corrected chi connectivity index (χ3v) is 4.38. The van der Waals surface area contributed by atoms with Crippen molar-refractivity contribution in [2.75, 3.05) is 13.2 Å². The summed E-state index contributed by atoms with van der Waals surface area (Å²) in [5.74, 6) is -5.10. The van der Waals surface area contributed by atoms with E-state index < -0.39 is 41.1 Å². The molecule has 1 N–H and O–H groups in total. The molecule has 0 radical (unpaired) electrons. The fourth-order valence-electron chi connectivity index (χ4n) is 3.41. The van der Waals surface area contributed by atoms with E-state index in [1.807, 2.05) is 0 Å². The Balaban J connectivity index is 2.57.